The third kappa shape index (κ3) is 4.48. The first kappa shape index (κ1) is 16.8. The Hall–Kier alpha value is -3.07. The number of rotatable bonds is 6. The number of hydrogen-bond donors (Lipinski definition) is 1. The van der Waals surface area contributed by atoms with Gasteiger partial charge in [-0.05, 0) is 35.7 Å². The number of ether oxygens (including phenoxy) is 1. The van der Waals surface area contributed by atoms with Crippen molar-refractivity contribution >= 4 is 5.97 Å². The molecule has 25 heavy (non-hydrogen) atoms. The van der Waals surface area contributed by atoms with Crippen molar-refractivity contribution in [2.75, 3.05) is 0 Å². The number of carbonyl (C=O) groups is 1. The minimum atomic E-state index is -0.965. The lowest BCUT2D eigenvalue weighted by Crippen LogP contribution is -2.29. The Labute approximate surface area is 147 Å². The van der Waals surface area contributed by atoms with Gasteiger partial charge in [0.2, 0.25) is 0 Å². The zero-order valence-electron chi connectivity index (χ0n) is 14.1. The quantitative estimate of drug-likeness (QED) is 0.709. The van der Waals surface area contributed by atoms with Gasteiger partial charge in [0.1, 0.15) is 5.75 Å². The Bertz CT molecular complexity index is 821. The van der Waals surface area contributed by atoms with Crippen LogP contribution in [-0.2, 0) is 11.2 Å². The summed E-state index contributed by atoms with van der Waals surface area (Å²) in [7, 11) is 0. The summed E-state index contributed by atoms with van der Waals surface area (Å²) < 4.78 is 5.70. The van der Waals surface area contributed by atoms with Crippen LogP contribution in [-0.4, -0.2) is 17.2 Å². The highest BCUT2D eigenvalue weighted by Crippen LogP contribution is 2.23. The van der Waals surface area contributed by atoms with E-state index in [0.29, 0.717) is 12.2 Å². The molecule has 0 aliphatic heterocycles. The van der Waals surface area contributed by atoms with E-state index >= 15 is 0 Å². The van der Waals surface area contributed by atoms with Gasteiger partial charge in [-0.15, -0.1) is 0 Å². The second-order valence-electron chi connectivity index (χ2n) is 6.02. The van der Waals surface area contributed by atoms with Crippen LogP contribution in [0.4, 0.5) is 0 Å². The number of aliphatic carboxylic acids is 1. The summed E-state index contributed by atoms with van der Waals surface area (Å²) in [6.07, 6.45) is -0.582. The lowest BCUT2D eigenvalue weighted by atomic mass is 10.1. The molecule has 0 fully saturated rings. The first-order valence-electron chi connectivity index (χ1n) is 8.22. The minimum Gasteiger partial charge on any atom is -0.478 e. The van der Waals surface area contributed by atoms with Gasteiger partial charge in [0.25, 0.3) is 0 Å². The molecule has 0 radical (unpaired) electrons. The Balaban J connectivity index is 1.72. The van der Waals surface area contributed by atoms with Gasteiger partial charge in [-0.25, -0.2) is 4.79 Å². The van der Waals surface area contributed by atoms with E-state index in [1.165, 1.54) is 0 Å². The molecule has 0 spiro atoms. The van der Waals surface area contributed by atoms with Gasteiger partial charge in [-0.1, -0.05) is 72.3 Å². The Morgan fingerprint density at radius 1 is 0.880 bits per heavy atom. The molecule has 3 aromatic carbocycles. The third-order valence-electron chi connectivity index (χ3n) is 4.06. The lowest BCUT2D eigenvalue weighted by Gasteiger charge is -2.16. The van der Waals surface area contributed by atoms with Crippen LogP contribution in [0.3, 0.4) is 0 Å². The molecule has 0 aliphatic carbocycles. The van der Waals surface area contributed by atoms with E-state index in [0.717, 1.165) is 22.3 Å². The maximum absolute atomic E-state index is 11.5. The molecule has 126 valence electrons. The van der Waals surface area contributed by atoms with E-state index in [1.807, 2.05) is 85.8 Å². The third-order valence-corrected chi connectivity index (χ3v) is 4.06. The van der Waals surface area contributed by atoms with Crippen molar-refractivity contribution in [3.05, 3.63) is 90.0 Å². The van der Waals surface area contributed by atoms with Crippen molar-refractivity contribution in [3.63, 3.8) is 0 Å². The molecule has 3 aromatic rings. The van der Waals surface area contributed by atoms with Crippen LogP contribution < -0.4 is 4.74 Å². The van der Waals surface area contributed by atoms with Gasteiger partial charge < -0.3 is 9.84 Å². The largest absolute Gasteiger partial charge is 0.478 e. The lowest BCUT2D eigenvalue weighted by molar-refractivity contribution is -0.145. The van der Waals surface area contributed by atoms with Crippen molar-refractivity contribution < 1.29 is 14.6 Å². The normalized spacial score (nSPS) is 11.7. The first-order valence-corrected chi connectivity index (χ1v) is 8.22. The van der Waals surface area contributed by atoms with E-state index in [4.69, 9.17) is 4.74 Å². The average molecular weight is 332 g/mol. The smallest absolute Gasteiger partial charge is 0.345 e. The number of aryl methyl sites for hydroxylation is 1. The molecule has 0 aliphatic rings. The summed E-state index contributed by atoms with van der Waals surface area (Å²) in [5, 5.41) is 9.46. The second-order valence-corrected chi connectivity index (χ2v) is 6.02. The summed E-state index contributed by atoms with van der Waals surface area (Å²) in [4.78, 5) is 11.5. The fraction of sp³-hybridized carbons (Fsp3) is 0.136. The summed E-state index contributed by atoms with van der Waals surface area (Å²) in [5.41, 5.74) is 4.27. The van der Waals surface area contributed by atoms with E-state index in [-0.39, 0.29) is 0 Å². The van der Waals surface area contributed by atoms with Crippen molar-refractivity contribution in [2.45, 2.75) is 19.4 Å². The standard InChI is InChI=1S/C22H20O3/c1-16-7-9-17(10-8-16)15-21(22(23)24)25-20-13-11-19(12-14-20)18-5-3-2-4-6-18/h2-14,21H,15H2,1H3,(H,23,24)/t21-/m0/s1. The van der Waals surface area contributed by atoms with E-state index in [2.05, 4.69) is 0 Å². The van der Waals surface area contributed by atoms with Gasteiger partial charge in [0, 0.05) is 6.42 Å². The molecule has 0 unspecified atom stereocenters. The summed E-state index contributed by atoms with van der Waals surface area (Å²) in [6, 6.07) is 25.4. The minimum absolute atomic E-state index is 0.329. The highest BCUT2D eigenvalue weighted by Gasteiger charge is 2.20. The van der Waals surface area contributed by atoms with Crippen molar-refractivity contribution in [2.24, 2.45) is 0 Å². The second kappa shape index (κ2) is 7.67. The van der Waals surface area contributed by atoms with Crippen LogP contribution in [0.2, 0.25) is 0 Å². The van der Waals surface area contributed by atoms with E-state index < -0.39 is 12.1 Å². The van der Waals surface area contributed by atoms with E-state index in [1.54, 1.807) is 0 Å². The zero-order chi connectivity index (χ0) is 17.6. The first-order chi connectivity index (χ1) is 12.1. The molecule has 0 saturated carbocycles. The number of carboxylic acid groups (broad SMARTS) is 1. The molecule has 1 atom stereocenters. The monoisotopic (exact) mass is 332 g/mol. The van der Waals surface area contributed by atoms with Crippen molar-refractivity contribution in [1.29, 1.82) is 0 Å². The molecule has 0 amide bonds. The summed E-state index contributed by atoms with van der Waals surface area (Å²) in [6.45, 7) is 2.00. The molecule has 3 nitrogen and oxygen atoms in total. The van der Waals surface area contributed by atoms with Gasteiger partial charge >= 0.3 is 5.97 Å². The van der Waals surface area contributed by atoms with Crippen LogP contribution in [0.15, 0.2) is 78.9 Å². The van der Waals surface area contributed by atoms with Crippen LogP contribution >= 0.6 is 0 Å². The number of hydrogen-bond acceptors (Lipinski definition) is 2. The van der Waals surface area contributed by atoms with Gasteiger partial charge in [0.15, 0.2) is 6.10 Å². The summed E-state index contributed by atoms with van der Waals surface area (Å²) in [5.74, 6) is -0.410. The van der Waals surface area contributed by atoms with Gasteiger partial charge in [0.05, 0.1) is 0 Å². The fourth-order valence-corrected chi connectivity index (χ4v) is 2.64. The predicted molar refractivity (Wildman–Crippen MR) is 98.8 cm³/mol. The molecule has 0 heterocycles. The molecular formula is C22H20O3. The van der Waals surface area contributed by atoms with E-state index in [9.17, 15) is 9.90 Å². The SMILES string of the molecule is Cc1ccc(C[C@H](Oc2ccc(-c3ccccc3)cc2)C(=O)O)cc1. The number of benzene rings is 3. The Kier molecular flexibility index (Phi) is 5.14. The maximum atomic E-state index is 11.5. The maximum Gasteiger partial charge on any atom is 0.345 e. The average Bonchev–Trinajstić information content (AvgIpc) is 2.64. The van der Waals surface area contributed by atoms with Crippen LogP contribution in [0, 0.1) is 6.92 Å². The topological polar surface area (TPSA) is 46.5 Å². The Morgan fingerprint density at radius 2 is 1.48 bits per heavy atom. The molecule has 1 N–H and O–H groups in total. The van der Waals surface area contributed by atoms with Crippen molar-refractivity contribution in [3.8, 4) is 16.9 Å². The Morgan fingerprint density at radius 3 is 2.08 bits per heavy atom. The molecule has 3 heteroatoms. The number of carboxylic acids is 1. The van der Waals surface area contributed by atoms with Crippen LogP contribution in [0.1, 0.15) is 11.1 Å². The molecule has 0 saturated heterocycles. The predicted octanol–water partition coefficient (Wildman–Crippen LogP) is 4.74. The highest BCUT2D eigenvalue weighted by molar-refractivity contribution is 5.73. The molecule has 0 aromatic heterocycles. The molecule has 3 rings (SSSR count). The van der Waals surface area contributed by atoms with Crippen LogP contribution in [0.5, 0.6) is 5.75 Å². The summed E-state index contributed by atoms with van der Waals surface area (Å²) >= 11 is 0. The highest BCUT2D eigenvalue weighted by atomic mass is 16.5. The van der Waals surface area contributed by atoms with Gasteiger partial charge in [-0.3, -0.25) is 0 Å². The van der Waals surface area contributed by atoms with Gasteiger partial charge in [-0.2, -0.15) is 0 Å². The molecular weight excluding hydrogens is 312 g/mol. The fourth-order valence-electron chi connectivity index (χ4n) is 2.64. The van der Waals surface area contributed by atoms with Crippen LogP contribution in [0.25, 0.3) is 11.1 Å². The molecule has 0 bridgehead atoms. The zero-order valence-corrected chi connectivity index (χ0v) is 14.1. The van der Waals surface area contributed by atoms with Crippen molar-refractivity contribution in [1.82, 2.24) is 0 Å².